The van der Waals surface area contributed by atoms with Gasteiger partial charge < -0.3 is 14.4 Å². The minimum Gasteiger partial charge on any atom is -0.497 e. The maximum absolute atomic E-state index is 12.2. The molecule has 1 unspecified atom stereocenters. The summed E-state index contributed by atoms with van der Waals surface area (Å²) in [7, 11) is 1.63. The molecule has 140 valence electrons. The van der Waals surface area contributed by atoms with Crippen LogP contribution in [0.1, 0.15) is 31.2 Å². The first kappa shape index (κ1) is 18.9. The molecule has 5 nitrogen and oxygen atoms in total. The minimum atomic E-state index is -0.209. The maximum Gasteiger partial charge on any atom is 0.250 e. The van der Waals surface area contributed by atoms with Crippen LogP contribution in [0.2, 0.25) is 0 Å². The van der Waals surface area contributed by atoms with Gasteiger partial charge in [-0.3, -0.25) is 10.1 Å². The van der Waals surface area contributed by atoms with Gasteiger partial charge in [0, 0.05) is 25.8 Å². The molecule has 6 heteroatoms. The summed E-state index contributed by atoms with van der Waals surface area (Å²) >= 11 is 5.48. The number of carbonyl (C=O) groups excluding carboxylic acids is 1. The molecule has 1 amide bonds. The van der Waals surface area contributed by atoms with Crippen LogP contribution >= 0.6 is 12.2 Å². The molecule has 1 heterocycles. The highest BCUT2D eigenvalue weighted by molar-refractivity contribution is 7.80. The number of rotatable bonds is 7. The molecule has 1 aromatic carbocycles. The largest absolute Gasteiger partial charge is 0.497 e. The lowest BCUT2D eigenvalue weighted by Gasteiger charge is -2.27. The van der Waals surface area contributed by atoms with Crippen LogP contribution in [0.15, 0.2) is 30.3 Å². The number of hydrogen-bond acceptors (Lipinski definition) is 4. The molecule has 1 aromatic rings. The number of amides is 1. The number of nitrogens with one attached hydrogen (secondary N) is 1. The average molecular weight is 375 g/mol. The fourth-order valence-electron chi connectivity index (χ4n) is 3.00. The lowest BCUT2D eigenvalue weighted by molar-refractivity contribution is -0.115. The van der Waals surface area contributed by atoms with E-state index in [0.29, 0.717) is 11.0 Å². The van der Waals surface area contributed by atoms with Crippen molar-refractivity contribution in [3.05, 3.63) is 35.9 Å². The average Bonchev–Trinajstić information content (AvgIpc) is 3.32. The van der Waals surface area contributed by atoms with Crippen LogP contribution in [0.25, 0.3) is 6.08 Å². The molecule has 1 saturated carbocycles. The highest BCUT2D eigenvalue weighted by atomic mass is 32.1. The standard InChI is InChI=1S/C20H26N2O3S/c1-24-17-9-6-15(7-10-17)8-11-19(23)21-20(26)22(13-16-4-5-16)14-18-3-2-12-25-18/h6-11,16,18H,2-5,12-14H2,1H3,(H,21,23,26). The summed E-state index contributed by atoms with van der Waals surface area (Å²) in [6, 6.07) is 7.53. The Morgan fingerprint density at radius 3 is 2.69 bits per heavy atom. The topological polar surface area (TPSA) is 50.8 Å². The summed E-state index contributed by atoms with van der Waals surface area (Å²) in [5.41, 5.74) is 0.932. The quantitative estimate of drug-likeness (QED) is 0.587. The first-order valence-corrected chi connectivity index (χ1v) is 9.58. The van der Waals surface area contributed by atoms with Gasteiger partial charge in [0.15, 0.2) is 5.11 Å². The van der Waals surface area contributed by atoms with Gasteiger partial charge in [0.05, 0.1) is 13.2 Å². The zero-order chi connectivity index (χ0) is 18.4. The second kappa shape index (κ2) is 9.14. The lowest BCUT2D eigenvalue weighted by atomic mass is 10.2. The predicted octanol–water partition coefficient (Wildman–Crippen LogP) is 3.00. The fraction of sp³-hybridized carbons (Fsp3) is 0.500. The van der Waals surface area contributed by atoms with Crippen molar-refractivity contribution in [2.75, 3.05) is 26.8 Å². The van der Waals surface area contributed by atoms with Gasteiger partial charge in [-0.15, -0.1) is 0 Å². The van der Waals surface area contributed by atoms with E-state index in [-0.39, 0.29) is 12.0 Å². The van der Waals surface area contributed by atoms with Crippen molar-refractivity contribution < 1.29 is 14.3 Å². The van der Waals surface area contributed by atoms with E-state index in [0.717, 1.165) is 43.9 Å². The number of methoxy groups -OCH3 is 1. The molecule has 1 aliphatic heterocycles. The third-order valence-electron chi connectivity index (χ3n) is 4.68. The molecule has 0 radical (unpaired) electrons. The molecule has 3 rings (SSSR count). The predicted molar refractivity (Wildman–Crippen MR) is 106 cm³/mol. The van der Waals surface area contributed by atoms with Crippen molar-refractivity contribution in [2.24, 2.45) is 5.92 Å². The van der Waals surface area contributed by atoms with Crippen molar-refractivity contribution in [3.63, 3.8) is 0 Å². The molecule has 26 heavy (non-hydrogen) atoms. The van der Waals surface area contributed by atoms with Crippen LogP contribution in [0.5, 0.6) is 5.75 Å². The number of carbonyl (C=O) groups is 1. The summed E-state index contributed by atoms with van der Waals surface area (Å²) in [6.07, 6.45) is 8.16. The van der Waals surface area contributed by atoms with E-state index < -0.39 is 0 Å². The maximum atomic E-state index is 12.2. The number of thiocarbonyl (C=S) groups is 1. The number of ether oxygens (including phenoxy) is 2. The first-order chi connectivity index (χ1) is 12.6. The zero-order valence-electron chi connectivity index (χ0n) is 15.1. The van der Waals surface area contributed by atoms with E-state index in [1.54, 1.807) is 13.2 Å². The minimum absolute atomic E-state index is 0.209. The Kier molecular flexibility index (Phi) is 6.63. The van der Waals surface area contributed by atoms with Crippen molar-refractivity contribution in [3.8, 4) is 5.75 Å². The van der Waals surface area contributed by atoms with Gasteiger partial charge >= 0.3 is 0 Å². The molecular formula is C20H26N2O3S. The second-order valence-electron chi connectivity index (χ2n) is 6.88. The molecule has 1 aliphatic carbocycles. The van der Waals surface area contributed by atoms with E-state index in [4.69, 9.17) is 21.7 Å². The molecule has 0 bridgehead atoms. The third-order valence-corrected chi connectivity index (χ3v) is 5.04. The Morgan fingerprint density at radius 1 is 1.31 bits per heavy atom. The van der Waals surface area contributed by atoms with Crippen LogP contribution in [-0.2, 0) is 9.53 Å². The summed E-state index contributed by atoms with van der Waals surface area (Å²) in [4.78, 5) is 14.3. The van der Waals surface area contributed by atoms with Gasteiger partial charge in [-0.25, -0.2) is 0 Å². The monoisotopic (exact) mass is 374 g/mol. The number of hydrogen-bond donors (Lipinski definition) is 1. The van der Waals surface area contributed by atoms with Gasteiger partial charge in [-0.1, -0.05) is 12.1 Å². The van der Waals surface area contributed by atoms with Crippen LogP contribution in [-0.4, -0.2) is 48.8 Å². The Labute approximate surface area is 160 Å². The van der Waals surface area contributed by atoms with Crippen molar-refractivity contribution in [1.82, 2.24) is 10.2 Å². The van der Waals surface area contributed by atoms with E-state index in [1.807, 2.05) is 24.3 Å². The molecular weight excluding hydrogens is 348 g/mol. The lowest BCUT2D eigenvalue weighted by Crippen LogP contribution is -2.46. The first-order valence-electron chi connectivity index (χ1n) is 9.17. The van der Waals surface area contributed by atoms with Gasteiger partial charge in [-0.05, 0) is 67.6 Å². The van der Waals surface area contributed by atoms with Gasteiger partial charge in [-0.2, -0.15) is 0 Å². The van der Waals surface area contributed by atoms with Gasteiger partial charge in [0.25, 0.3) is 0 Å². The summed E-state index contributed by atoms with van der Waals surface area (Å²) < 4.78 is 10.9. The Hall–Kier alpha value is -1.92. The molecule has 2 aliphatic rings. The normalized spacial score (nSPS) is 19.5. The SMILES string of the molecule is COc1ccc(C=CC(=O)NC(=S)N(CC2CC2)CC2CCCO2)cc1. The molecule has 0 aromatic heterocycles. The Morgan fingerprint density at radius 2 is 2.08 bits per heavy atom. The van der Waals surface area contributed by atoms with Crippen LogP contribution < -0.4 is 10.1 Å². The second-order valence-corrected chi connectivity index (χ2v) is 7.27. The molecule has 1 saturated heterocycles. The highest BCUT2D eigenvalue weighted by Crippen LogP contribution is 2.30. The molecule has 1 atom stereocenters. The smallest absolute Gasteiger partial charge is 0.250 e. The van der Waals surface area contributed by atoms with E-state index >= 15 is 0 Å². The number of benzene rings is 1. The Balaban J connectivity index is 1.52. The molecule has 2 fully saturated rings. The van der Waals surface area contributed by atoms with E-state index in [9.17, 15) is 4.79 Å². The highest BCUT2D eigenvalue weighted by Gasteiger charge is 2.28. The van der Waals surface area contributed by atoms with Crippen molar-refractivity contribution >= 4 is 29.3 Å². The summed E-state index contributed by atoms with van der Waals surface area (Å²) in [5, 5.41) is 3.33. The van der Waals surface area contributed by atoms with Crippen LogP contribution in [0.4, 0.5) is 0 Å². The van der Waals surface area contributed by atoms with Crippen molar-refractivity contribution in [1.29, 1.82) is 0 Å². The zero-order valence-corrected chi connectivity index (χ0v) is 16.0. The van der Waals surface area contributed by atoms with Gasteiger partial charge in [0.2, 0.25) is 5.91 Å². The van der Waals surface area contributed by atoms with Crippen LogP contribution in [0.3, 0.4) is 0 Å². The van der Waals surface area contributed by atoms with Crippen LogP contribution in [0, 0.1) is 5.92 Å². The molecule has 0 spiro atoms. The summed E-state index contributed by atoms with van der Waals surface area (Å²) in [6.45, 7) is 2.49. The van der Waals surface area contributed by atoms with E-state index in [1.165, 1.54) is 18.9 Å². The van der Waals surface area contributed by atoms with Gasteiger partial charge in [0.1, 0.15) is 5.75 Å². The molecule has 1 N–H and O–H groups in total. The van der Waals surface area contributed by atoms with E-state index in [2.05, 4.69) is 10.2 Å². The fourth-order valence-corrected chi connectivity index (χ4v) is 3.25. The van der Waals surface area contributed by atoms with Crippen molar-refractivity contribution in [2.45, 2.75) is 31.8 Å². The number of nitrogens with zero attached hydrogens (tertiary/aromatic N) is 1. The summed E-state index contributed by atoms with van der Waals surface area (Å²) in [5.74, 6) is 1.28. The Bertz CT molecular complexity index is 650. The third kappa shape index (κ3) is 5.81.